The van der Waals surface area contributed by atoms with Crippen molar-refractivity contribution in [3.8, 4) is 5.75 Å². The number of para-hydroxylation sites is 1. The van der Waals surface area contributed by atoms with E-state index in [1.54, 1.807) is 36.4 Å². The van der Waals surface area contributed by atoms with Gasteiger partial charge >= 0.3 is 0 Å². The second-order valence-corrected chi connectivity index (χ2v) is 5.56. The minimum Gasteiger partial charge on any atom is -0.484 e. The Hall–Kier alpha value is -2.52. The number of ether oxygens (including phenoxy) is 1. The van der Waals surface area contributed by atoms with Crippen LogP contribution in [0.3, 0.4) is 0 Å². The molecule has 0 aliphatic rings. The van der Waals surface area contributed by atoms with Gasteiger partial charge in [-0.25, -0.2) is 13.9 Å². The molecule has 0 saturated heterocycles. The molecule has 0 saturated carbocycles. The zero-order valence-electron chi connectivity index (χ0n) is 12.5. The van der Waals surface area contributed by atoms with Crippen LogP contribution in [0, 0.1) is 4.77 Å². The molecule has 0 amide bonds. The molecule has 0 spiro atoms. The molecular weight excluding hydrogens is 374 g/mol. The first-order chi connectivity index (χ1) is 12.0. The van der Waals surface area contributed by atoms with Crippen LogP contribution in [-0.2, 0) is 6.61 Å². The standard InChI is InChI=1S/C15H11ClF2N4O2S/c16-11-3-1-2-4-12(11)23-8-10-6-5-9(24-10)7-19-22-14(13(17)18)20-21-15(22)25/h1-7,13H,8H2,(H,21,25). The third-order valence-electron chi connectivity index (χ3n) is 3.06. The number of hydrogen-bond donors (Lipinski definition) is 1. The summed E-state index contributed by atoms with van der Waals surface area (Å²) in [7, 11) is 0. The van der Waals surface area contributed by atoms with Crippen molar-refractivity contribution in [2.45, 2.75) is 13.0 Å². The molecule has 0 aliphatic carbocycles. The van der Waals surface area contributed by atoms with E-state index in [-0.39, 0.29) is 11.4 Å². The fourth-order valence-electron chi connectivity index (χ4n) is 1.92. The summed E-state index contributed by atoms with van der Waals surface area (Å²) in [5.74, 6) is 0.824. The third-order valence-corrected chi connectivity index (χ3v) is 3.64. The van der Waals surface area contributed by atoms with Crippen LogP contribution in [0.25, 0.3) is 0 Å². The van der Waals surface area contributed by atoms with Crippen molar-refractivity contribution in [2.24, 2.45) is 5.10 Å². The summed E-state index contributed by atoms with van der Waals surface area (Å²) in [5, 5.41) is 10.0. The highest BCUT2D eigenvalue weighted by atomic mass is 35.5. The number of rotatable bonds is 6. The first-order valence-electron chi connectivity index (χ1n) is 7.00. The van der Waals surface area contributed by atoms with E-state index >= 15 is 0 Å². The van der Waals surface area contributed by atoms with Crippen LogP contribution in [0.2, 0.25) is 5.02 Å². The lowest BCUT2D eigenvalue weighted by Gasteiger charge is -2.05. The summed E-state index contributed by atoms with van der Waals surface area (Å²) in [6, 6.07) is 10.4. The quantitative estimate of drug-likeness (QED) is 0.498. The molecule has 3 rings (SSSR count). The average molecular weight is 385 g/mol. The van der Waals surface area contributed by atoms with Crippen LogP contribution in [0.1, 0.15) is 23.8 Å². The van der Waals surface area contributed by atoms with Crippen LogP contribution in [0.5, 0.6) is 5.75 Å². The molecule has 0 aliphatic heterocycles. The van der Waals surface area contributed by atoms with Gasteiger partial charge < -0.3 is 9.15 Å². The van der Waals surface area contributed by atoms with E-state index in [2.05, 4.69) is 15.3 Å². The minimum absolute atomic E-state index is 0.0413. The molecule has 10 heteroatoms. The van der Waals surface area contributed by atoms with Crippen molar-refractivity contribution >= 4 is 30.0 Å². The zero-order chi connectivity index (χ0) is 17.8. The molecule has 1 aromatic carbocycles. The molecule has 0 unspecified atom stereocenters. The Bertz CT molecular complexity index is 951. The average Bonchev–Trinajstić information content (AvgIpc) is 3.18. The molecule has 2 aromatic heterocycles. The monoisotopic (exact) mass is 384 g/mol. The molecule has 25 heavy (non-hydrogen) atoms. The highest BCUT2D eigenvalue weighted by molar-refractivity contribution is 7.71. The van der Waals surface area contributed by atoms with Gasteiger partial charge in [-0.2, -0.15) is 14.9 Å². The maximum absolute atomic E-state index is 12.8. The van der Waals surface area contributed by atoms with E-state index in [0.717, 1.165) is 4.68 Å². The number of benzene rings is 1. The first-order valence-corrected chi connectivity index (χ1v) is 7.79. The van der Waals surface area contributed by atoms with Crippen molar-refractivity contribution in [2.75, 3.05) is 0 Å². The van der Waals surface area contributed by atoms with Gasteiger partial charge in [0.25, 0.3) is 6.43 Å². The summed E-state index contributed by atoms with van der Waals surface area (Å²) < 4.78 is 37.4. The van der Waals surface area contributed by atoms with Gasteiger partial charge in [-0.05, 0) is 36.5 Å². The lowest BCUT2D eigenvalue weighted by atomic mass is 10.3. The smallest absolute Gasteiger partial charge is 0.299 e. The van der Waals surface area contributed by atoms with Gasteiger partial charge in [0.2, 0.25) is 10.6 Å². The van der Waals surface area contributed by atoms with Crippen molar-refractivity contribution in [1.29, 1.82) is 0 Å². The number of aromatic amines is 1. The van der Waals surface area contributed by atoms with Gasteiger partial charge in [0, 0.05) is 0 Å². The van der Waals surface area contributed by atoms with Gasteiger partial charge in [-0.15, -0.1) is 0 Å². The minimum atomic E-state index is -2.80. The molecule has 0 radical (unpaired) electrons. The molecule has 1 N–H and O–H groups in total. The largest absolute Gasteiger partial charge is 0.484 e. The number of hydrogen-bond acceptors (Lipinski definition) is 5. The molecule has 2 heterocycles. The van der Waals surface area contributed by atoms with E-state index in [4.69, 9.17) is 33.0 Å². The molecular formula is C15H11ClF2N4O2S. The highest BCUT2D eigenvalue weighted by Gasteiger charge is 2.16. The normalized spacial score (nSPS) is 11.5. The Morgan fingerprint density at radius 1 is 1.36 bits per heavy atom. The van der Waals surface area contributed by atoms with Crippen molar-refractivity contribution in [1.82, 2.24) is 14.9 Å². The van der Waals surface area contributed by atoms with Gasteiger partial charge in [0.15, 0.2) is 0 Å². The summed E-state index contributed by atoms with van der Waals surface area (Å²) in [6.45, 7) is 0.158. The Balaban J connectivity index is 1.69. The predicted octanol–water partition coefficient (Wildman–Crippen LogP) is 4.59. The van der Waals surface area contributed by atoms with Crippen LogP contribution in [0.15, 0.2) is 45.9 Å². The summed E-state index contributed by atoms with van der Waals surface area (Å²) >= 11 is 10.9. The number of furan rings is 1. The highest BCUT2D eigenvalue weighted by Crippen LogP contribution is 2.24. The third kappa shape index (κ3) is 4.12. The van der Waals surface area contributed by atoms with E-state index < -0.39 is 12.2 Å². The Morgan fingerprint density at radius 3 is 2.92 bits per heavy atom. The predicted molar refractivity (Wildman–Crippen MR) is 89.9 cm³/mol. The van der Waals surface area contributed by atoms with Crippen molar-refractivity contribution in [3.05, 3.63) is 63.5 Å². The number of aromatic nitrogens is 3. The number of halogens is 3. The zero-order valence-corrected chi connectivity index (χ0v) is 14.1. The van der Waals surface area contributed by atoms with Gasteiger partial charge in [-0.3, -0.25) is 0 Å². The molecule has 6 nitrogen and oxygen atoms in total. The Morgan fingerprint density at radius 2 is 2.16 bits per heavy atom. The second kappa shape index (κ2) is 7.58. The first kappa shape index (κ1) is 17.3. The van der Waals surface area contributed by atoms with Crippen LogP contribution in [0.4, 0.5) is 8.78 Å². The maximum atomic E-state index is 12.8. The molecule has 0 atom stereocenters. The van der Waals surface area contributed by atoms with E-state index in [1.807, 2.05) is 0 Å². The van der Waals surface area contributed by atoms with Crippen molar-refractivity contribution < 1.29 is 17.9 Å². The van der Waals surface area contributed by atoms with Gasteiger partial charge in [-0.1, -0.05) is 23.7 Å². The molecule has 0 fully saturated rings. The SMILES string of the molecule is FC(F)c1n[nH]c(=S)n1N=Cc1ccc(COc2ccccc2Cl)o1. The number of nitrogens with zero attached hydrogens (tertiary/aromatic N) is 3. The van der Waals surface area contributed by atoms with E-state index in [1.165, 1.54) is 6.21 Å². The Labute approximate surface area is 150 Å². The fraction of sp³-hybridized carbons (Fsp3) is 0.133. The number of H-pyrrole nitrogens is 1. The topological polar surface area (TPSA) is 68.3 Å². The second-order valence-electron chi connectivity index (χ2n) is 4.77. The van der Waals surface area contributed by atoms with Crippen LogP contribution >= 0.6 is 23.8 Å². The van der Waals surface area contributed by atoms with Crippen LogP contribution in [-0.4, -0.2) is 21.1 Å². The van der Waals surface area contributed by atoms with Crippen LogP contribution < -0.4 is 4.74 Å². The van der Waals surface area contributed by atoms with E-state index in [9.17, 15) is 8.78 Å². The summed E-state index contributed by atoms with van der Waals surface area (Å²) in [6.07, 6.45) is -1.54. The summed E-state index contributed by atoms with van der Waals surface area (Å²) in [4.78, 5) is 0. The summed E-state index contributed by atoms with van der Waals surface area (Å²) in [5.41, 5.74) is 0. The molecule has 3 aromatic rings. The number of nitrogens with one attached hydrogen (secondary N) is 1. The van der Waals surface area contributed by atoms with E-state index in [0.29, 0.717) is 22.3 Å². The molecule has 0 bridgehead atoms. The van der Waals surface area contributed by atoms with Gasteiger partial charge in [0.05, 0.1) is 11.2 Å². The lowest BCUT2D eigenvalue weighted by molar-refractivity contribution is 0.136. The maximum Gasteiger partial charge on any atom is 0.299 e. The Kier molecular flexibility index (Phi) is 5.25. The fourth-order valence-corrected chi connectivity index (χ4v) is 2.30. The van der Waals surface area contributed by atoms with Gasteiger partial charge in [0.1, 0.15) is 23.9 Å². The lowest BCUT2D eigenvalue weighted by Crippen LogP contribution is -1.99. The number of alkyl halides is 2. The van der Waals surface area contributed by atoms with Crippen molar-refractivity contribution in [3.63, 3.8) is 0 Å². The molecule has 130 valence electrons.